The first-order chi connectivity index (χ1) is 5.47. The molecule has 0 atom stereocenters. The van der Waals surface area contributed by atoms with Crippen molar-refractivity contribution in [2.24, 2.45) is 0 Å². The molecule has 0 fully saturated rings. The van der Waals surface area contributed by atoms with Gasteiger partial charge in [0, 0.05) is 24.1 Å². The molecule has 0 aliphatic rings. The molecule has 58 valence electrons. The Morgan fingerprint density at radius 3 is 2.22 bits per heavy atom. The third-order valence-corrected chi connectivity index (χ3v) is 1.45. The van der Waals surface area contributed by atoms with Gasteiger partial charge in [-0.05, 0) is 0 Å². The van der Waals surface area contributed by atoms with Crippen molar-refractivity contribution in [2.75, 3.05) is 30.7 Å². The van der Waals surface area contributed by atoms with Gasteiger partial charge in [-0.2, -0.15) is 0 Å². The second-order valence-electron chi connectivity index (χ2n) is 0.915. The molecule has 0 N–H and O–H groups in total. The molecule has 0 spiro atoms. The average Bonchev–Trinajstić information content (AvgIpc) is 2.00. The van der Waals surface area contributed by atoms with E-state index < -0.39 is 7.04 Å². The van der Waals surface area contributed by atoms with Gasteiger partial charge in [-0.1, -0.05) is 15.9 Å². The van der Waals surface area contributed by atoms with Crippen molar-refractivity contribution in [3.63, 3.8) is 0 Å². The lowest BCUT2D eigenvalue weighted by molar-refractivity contribution is 0.218. The molecular formula is C5H11BrCl2O. The number of methoxy groups -OCH3 is 1. The van der Waals surface area contributed by atoms with E-state index in [0.29, 0.717) is 5.88 Å². The number of hydrogen-bond acceptors (Lipinski definition) is 1. The highest BCUT2D eigenvalue weighted by atomic mass is 79.9. The second-order valence-corrected chi connectivity index (χ2v) is 2.46. The van der Waals surface area contributed by atoms with Crippen molar-refractivity contribution in [3.8, 4) is 0 Å². The molecule has 0 aliphatic heterocycles. The number of rotatable bonds is 3. The van der Waals surface area contributed by atoms with Gasteiger partial charge in [0.1, 0.15) is 0 Å². The Kier molecular flexibility index (Phi) is 11.9. The van der Waals surface area contributed by atoms with Gasteiger partial charge in [0.2, 0.25) is 0 Å². The summed E-state index contributed by atoms with van der Waals surface area (Å²) >= 11 is 13.4. The van der Waals surface area contributed by atoms with Gasteiger partial charge in [0.05, 0.1) is 10.7 Å². The molecule has 1 nitrogen and oxygen atoms in total. The smallest absolute Gasteiger partial charge is 0.0597 e. The molecule has 0 saturated carbocycles. The third-order valence-electron chi connectivity index (χ3n) is 0.251. The molecule has 0 saturated heterocycles. The van der Waals surface area contributed by atoms with Crippen LogP contribution in [0.5, 0.6) is 0 Å². The molecule has 0 radical (unpaired) electrons. The topological polar surface area (TPSA) is 9.23 Å². The van der Waals surface area contributed by atoms with E-state index in [2.05, 4.69) is 20.7 Å². The van der Waals surface area contributed by atoms with E-state index in [1.54, 1.807) is 0 Å². The zero-order valence-electron chi connectivity index (χ0n) is 7.87. The molecule has 9 heavy (non-hydrogen) atoms. The fourth-order valence-corrected chi connectivity index (χ4v) is 0.116. The van der Waals surface area contributed by atoms with Crippen molar-refractivity contribution in [2.45, 2.75) is 0 Å². The highest BCUT2D eigenvalue weighted by molar-refractivity contribution is 9.09. The lowest BCUT2D eigenvalue weighted by Crippen LogP contribution is -1.85. The second kappa shape index (κ2) is 16.0. The van der Waals surface area contributed by atoms with Gasteiger partial charge >= 0.3 is 0 Å². The van der Waals surface area contributed by atoms with Gasteiger partial charge in [0.25, 0.3) is 0 Å². The number of hydrogen-bond donors (Lipinski definition) is 0. The van der Waals surface area contributed by atoms with Gasteiger partial charge in [-0.25, -0.2) is 0 Å². The van der Waals surface area contributed by atoms with Crippen LogP contribution in [-0.4, -0.2) is 30.7 Å². The van der Waals surface area contributed by atoms with Crippen LogP contribution in [0.3, 0.4) is 0 Å². The fourth-order valence-electron chi connectivity index (χ4n) is 0.0386. The summed E-state index contributed by atoms with van der Waals surface area (Å²) in [6.07, 6.45) is 0. The predicted molar refractivity (Wildman–Crippen MR) is 47.1 cm³/mol. The number of alkyl halides is 3. The summed E-state index contributed by atoms with van der Waals surface area (Å²) in [6, 6.07) is 0. The van der Waals surface area contributed by atoms with Crippen molar-refractivity contribution < 1.29 is 8.85 Å². The van der Waals surface area contributed by atoms with Crippen LogP contribution in [0.4, 0.5) is 0 Å². The summed E-state index contributed by atoms with van der Waals surface area (Å²) in [4.78, 5) is 0. The molecule has 0 heterocycles. The zero-order chi connectivity index (χ0) is 10.0. The zero-order valence-corrected chi connectivity index (χ0v) is 7.97. The number of ether oxygens (including phenoxy) is 1. The van der Waals surface area contributed by atoms with Crippen LogP contribution in [0.25, 0.3) is 0 Å². The summed E-state index contributed by atoms with van der Waals surface area (Å²) in [7, 11) is -2.28. The Morgan fingerprint density at radius 1 is 1.56 bits per heavy atom. The molecule has 0 aromatic rings. The number of halogens is 3. The van der Waals surface area contributed by atoms with Crippen LogP contribution in [0.1, 0.15) is 4.11 Å². The minimum absolute atomic E-state index is 0.0814. The maximum absolute atomic E-state index is 6.49. The summed E-state index contributed by atoms with van der Waals surface area (Å²) in [5, 5.41) is 0.897. The highest BCUT2D eigenvalue weighted by Crippen LogP contribution is 1.79. The van der Waals surface area contributed by atoms with E-state index in [0.717, 1.165) is 5.33 Å². The monoisotopic (exact) mass is 239 g/mol. The molecule has 0 aliphatic carbocycles. The van der Waals surface area contributed by atoms with Crippen molar-refractivity contribution in [1.82, 2.24) is 0 Å². The molecule has 0 amide bonds. The van der Waals surface area contributed by atoms with Crippen LogP contribution in [0.15, 0.2) is 0 Å². The summed E-state index contributed by atoms with van der Waals surface area (Å²) < 4.78 is 23.7. The van der Waals surface area contributed by atoms with Crippen LogP contribution >= 0.6 is 39.1 Å². The first kappa shape index (κ1) is 6.71. The largest absolute Gasteiger partial charge is 0.383 e. The molecule has 0 unspecified atom stereocenters. The maximum atomic E-state index is 6.49. The third kappa shape index (κ3) is 27.5. The van der Waals surface area contributed by atoms with E-state index in [9.17, 15) is 0 Å². The van der Waals surface area contributed by atoms with Gasteiger partial charge in [0.15, 0.2) is 0 Å². The first-order valence-electron chi connectivity index (χ1n) is 3.79. The Labute approximate surface area is 79.0 Å². The summed E-state index contributed by atoms with van der Waals surface area (Å²) in [5.41, 5.74) is 0. The van der Waals surface area contributed by atoms with E-state index >= 15 is 0 Å². The minimum atomic E-state index is -2.28. The predicted octanol–water partition coefficient (Wildman–Crippen LogP) is 2.49. The van der Waals surface area contributed by atoms with E-state index in [1.807, 2.05) is 0 Å². The maximum Gasteiger partial charge on any atom is 0.0597 e. The summed E-state index contributed by atoms with van der Waals surface area (Å²) in [6.45, 7) is 0.0814. The Hall–Kier alpha value is 1.02. The lowest BCUT2D eigenvalue weighted by Gasteiger charge is -1.82. The Morgan fingerprint density at radius 2 is 2.11 bits per heavy atom. The minimum Gasteiger partial charge on any atom is -0.383 e. The van der Waals surface area contributed by atoms with Crippen molar-refractivity contribution in [1.29, 1.82) is 0 Å². The molecule has 0 aromatic heterocycles. The lowest BCUT2D eigenvalue weighted by atomic mass is 10.9. The highest BCUT2D eigenvalue weighted by Gasteiger charge is 1.68. The van der Waals surface area contributed by atoms with Gasteiger partial charge < -0.3 is 4.74 Å². The molecule has 0 rings (SSSR count). The average molecular weight is 241 g/mol. The van der Waals surface area contributed by atoms with E-state index in [4.69, 9.17) is 27.3 Å². The van der Waals surface area contributed by atoms with Crippen LogP contribution in [-0.2, 0) is 4.74 Å². The standard InChI is InChI=1S/C3H7ClO.C2H4BrCl/c1-5-3-2-4;3-1-2-4/h2-3H2,1H3;1-2H2/i1D3;. The first-order valence-corrected chi connectivity index (χ1v) is 4.49. The van der Waals surface area contributed by atoms with Crippen molar-refractivity contribution >= 4 is 39.1 Å². The van der Waals surface area contributed by atoms with Crippen LogP contribution in [0.2, 0.25) is 0 Å². The molecular weight excluding hydrogens is 227 g/mol. The summed E-state index contributed by atoms with van der Waals surface area (Å²) in [5.74, 6) is 0.929. The molecule has 0 bridgehead atoms. The normalized spacial score (nSPS) is 14.3. The van der Waals surface area contributed by atoms with Crippen LogP contribution < -0.4 is 0 Å². The van der Waals surface area contributed by atoms with E-state index in [-0.39, 0.29) is 12.5 Å². The molecule has 4 heteroatoms. The molecule has 0 aromatic carbocycles. The SMILES string of the molecule is ClCCBr.[2H]C([2H])([2H])OCCCl. The fraction of sp³-hybridized carbons (Fsp3) is 1.00. The quantitative estimate of drug-likeness (QED) is 0.689. The van der Waals surface area contributed by atoms with Gasteiger partial charge in [-0.15, -0.1) is 23.2 Å². The van der Waals surface area contributed by atoms with Crippen LogP contribution in [0, 0.1) is 0 Å². The Bertz CT molecular complexity index is 89.3. The van der Waals surface area contributed by atoms with Crippen molar-refractivity contribution in [3.05, 3.63) is 0 Å². The van der Waals surface area contributed by atoms with E-state index in [1.165, 1.54) is 0 Å². The Balaban J connectivity index is 0. The van der Waals surface area contributed by atoms with Gasteiger partial charge in [-0.3, -0.25) is 0 Å².